The summed E-state index contributed by atoms with van der Waals surface area (Å²) in [5, 5.41) is 3.63. The quantitative estimate of drug-likeness (QED) is 0.690. The molecule has 0 radical (unpaired) electrons. The van der Waals surface area contributed by atoms with Crippen LogP contribution in [0.15, 0.2) is 0 Å². The van der Waals surface area contributed by atoms with Gasteiger partial charge in [-0.3, -0.25) is 0 Å². The summed E-state index contributed by atoms with van der Waals surface area (Å²) in [6.45, 7) is 3.56. The average Bonchev–Trinajstić information content (AvgIpc) is 2.46. The fourth-order valence-corrected chi connectivity index (χ4v) is 3.30. The normalized spacial score (nSPS) is 29.5. The molecule has 0 amide bonds. The number of rotatable bonds is 5. The summed E-state index contributed by atoms with van der Waals surface area (Å²) in [7, 11) is 0. The summed E-state index contributed by atoms with van der Waals surface area (Å²) in [4.78, 5) is 0. The van der Waals surface area contributed by atoms with Crippen molar-refractivity contribution in [3.05, 3.63) is 0 Å². The van der Waals surface area contributed by atoms with Gasteiger partial charge in [0.05, 0.1) is 0 Å². The van der Waals surface area contributed by atoms with Crippen molar-refractivity contribution in [3.8, 4) is 0 Å². The van der Waals surface area contributed by atoms with Gasteiger partial charge in [-0.2, -0.15) is 23.5 Å². The van der Waals surface area contributed by atoms with Gasteiger partial charge in [0, 0.05) is 11.8 Å². The highest BCUT2D eigenvalue weighted by molar-refractivity contribution is 7.99. The van der Waals surface area contributed by atoms with Gasteiger partial charge < -0.3 is 5.32 Å². The largest absolute Gasteiger partial charge is 0.313 e. The van der Waals surface area contributed by atoms with Gasteiger partial charge in [0.1, 0.15) is 0 Å². The van der Waals surface area contributed by atoms with Gasteiger partial charge in [-0.05, 0) is 36.6 Å². The summed E-state index contributed by atoms with van der Waals surface area (Å²) < 4.78 is 0. The summed E-state index contributed by atoms with van der Waals surface area (Å²) in [6.07, 6.45) is 3.49. The van der Waals surface area contributed by atoms with Gasteiger partial charge in [0.25, 0.3) is 0 Å². The maximum Gasteiger partial charge on any atom is 0.0191 e. The molecule has 3 heteroatoms. The molecule has 1 aliphatic rings. The van der Waals surface area contributed by atoms with Crippen molar-refractivity contribution in [2.45, 2.75) is 19.4 Å². The van der Waals surface area contributed by atoms with E-state index in [-0.39, 0.29) is 0 Å². The smallest absolute Gasteiger partial charge is 0.0191 e. The lowest BCUT2D eigenvalue weighted by atomic mass is 10.1. The van der Waals surface area contributed by atoms with Crippen molar-refractivity contribution in [1.82, 2.24) is 5.32 Å². The molecule has 1 nitrogen and oxygen atoms in total. The van der Waals surface area contributed by atoms with Crippen LogP contribution in [0, 0.1) is 5.92 Å². The Balaban J connectivity index is 1.98. The minimum absolute atomic E-state index is 0.789. The Bertz CT molecular complexity index is 119. The van der Waals surface area contributed by atoms with Gasteiger partial charge in [0.15, 0.2) is 0 Å². The van der Waals surface area contributed by atoms with E-state index in [0.717, 1.165) is 12.0 Å². The molecule has 1 N–H and O–H groups in total. The highest BCUT2D eigenvalue weighted by Gasteiger charge is 2.22. The van der Waals surface area contributed by atoms with E-state index >= 15 is 0 Å². The maximum atomic E-state index is 3.63. The van der Waals surface area contributed by atoms with E-state index in [1.807, 2.05) is 11.8 Å². The van der Waals surface area contributed by atoms with Gasteiger partial charge >= 0.3 is 0 Å². The van der Waals surface area contributed by atoms with E-state index in [9.17, 15) is 0 Å². The zero-order valence-corrected chi connectivity index (χ0v) is 9.64. The first-order valence-corrected chi connectivity index (χ1v) is 7.19. The predicted octanol–water partition coefficient (Wildman–Crippen LogP) is 2.08. The highest BCUT2D eigenvalue weighted by Crippen LogP contribution is 2.23. The van der Waals surface area contributed by atoms with Crippen LogP contribution >= 0.6 is 23.5 Å². The fourth-order valence-electron chi connectivity index (χ4n) is 1.43. The van der Waals surface area contributed by atoms with Crippen LogP contribution in [0.2, 0.25) is 0 Å². The average molecular weight is 205 g/mol. The number of nitrogens with one attached hydrogen (secondary N) is 1. The third kappa shape index (κ3) is 3.58. The zero-order valence-electron chi connectivity index (χ0n) is 8.01. The van der Waals surface area contributed by atoms with E-state index < -0.39 is 0 Å². The van der Waals surface area contributed by atoms with Crippen molar-refractivity contribution in [3.63, 3.8) is 0 Å². The van der Waals surface area contributed by atoms with Crippen molar-refractivity contribution in [1.29, 1.82) is 0 Å². The van der Waals surface area contributed by atoms with Gasteiger partial charge in [0.2, 0.25) is 0 Å². The molecular weight excluding hydrogens is 186 g/mol. The predicted molar refractivity (Wildman–Crippen MR) is 61.3 cm³/mol. The molecule has 0 aromatic carbocycles. The lowest BCUT2D eigenvalue weighted by Crippen LogP contribution is -2.34. The molecule has 72 valence electrons. The van der Waals surface area contributed by atoms with E-state index in [1.54, 1.807) is 0 Å². The molecule has 2 atom stereocenters. The first-order chi connectivity index (χ1) is 5.84. The molecule has 12 heavy (non-hydrogen) atoms. The van der Waals surface area contributed by atoms with E-state index in [4.69, 9.17) is 0 Å². The summed E-state index contributed by atoms with van der Waals surface area (Å²) in [6, 6.07) is 0.789. The Morgan fingerprint density at radius 2 is 2.33 bits per heavy atom. The van der Waals surface area contributed by atoms with Crippen molar-refractivity contribution in [2.24, 2.45) is 5.92 Å². The van der Waals surface area contributed by atoms with Gasteiger partial charge in [-0.1, -0.05) is 6.92 Å². The Labute approximate surface area is 84.4 Å². The maximum absolute atomic E-state index is 3.63. The number of thioether (sulfide) groups is 2. The summed E-state index contributed by atoms with van der Waals surface area (Å²) >= 11 is 4.03. The molecule has 0 saturated carbocycles. The second-order valence-corrected chi connectivity index (χ2v) is 5.48. The first-order valence-electron chi connectivity index (χ1n) is 4.64. The molecule has 1 rings (SSSR count). The lowest BCUT2D eigenvalue weighted by molar-refractivity contribution is 0.455. The van der Waals surface area contributed by atoms with Crippen LogP contribution in [0.4, 0.5) is 0 Å². The Hall–Kier alpha value is 0.660. The molecule has 1 fully saturated rings. The fraction of sp³-hybridized carbons (Fsp3) is 1.00. The summed E-state index contributed by atoms with van der Waals surface area (Å²) in [5.74, 6) is 4.84. The third-order valence-corrected chi connectivity index (χ3v) is 4.35. The van der Waals surface area contributed by atoms with Crippen molar-refractivity contribution < 1.29 is 0 Å². The molecule has 0 spiro atoms. The molecule has 0 aliphatic carbocycles. The second-order valence-electron chi connectivity index (χ2n) is 3.42. The van der Waals surface area contributed by atoms with Crippen LogP contribution in [0.5, 0.6) is 0 Å². The SMILES string of the molecule is CSCCCN[C@@H]1CSC[C@@H]1C. The number of hydrogen-bond acceptors (Lipinski definition) is 3. The van der Waals surface area contributed by atoms with Crippen LogP contribution < -0.4 is 5.32 Å². The standard InChI is InChI=1S/C9H19NS2/c1-8-6-12-7-9(8)10-4-3-5-11-2/h8-10H,3-7H2,1-2H3/t8-,9+/m0/s1. The molecule has 0 aromatic heterocycles. The summed E-state index contributed by atoms with van der Waals surface area (Å²) in [5.41, 5.74) is 0. The monoisotopic (exact) mass is 205 g/mol. The van der Waals surface area contributed by atoms with Crippen molar-refractivity contribution in [2.75, 3.05) is 30.1 Å². The molecule has 1 saturated heterocycles. The molecule has 0 bridgehead atoms. The second kappa shape index (κ2) is 6.17. The van der Waals surface area contributed by atoms with Crippen LogP contribution in [-0.4, -0.2) is 36.1 Å². The van der Waals surface area contributed by atoms with Gasteiger partial charge in [-0.25, -0.2) is 0 Å². The van der Waals surface area contributed by atoms with Gasteiger partial charge in [-0.15, -0.1) is 0 Å². The van der Waals surface area contributed by atoms with Crippen LogP contribution in [0.1, 0.15) is 13.3 Å². The Morgan fingerprint density at radius 1 is 1.50 bits per heavy atom. The third-order valence-electron chi connectivity index (χ3n) is 2.30. The van der Waals surface area contributed by atoms with Crippen LogP contribution in [0.25, 0.3) is 0 Å². The first kappa shape index (κ1) is 10.7. The molecule has 1 aliphatic heterocycles. The van der Waals surface area contributed by atoms with E-state index in [2.05, 4.69) is 30.3 Å². The van der Waals surface area contributed by atoms with Crippen LogP contribution in [0.3, 0.4) is 0 Å². The van der Waals surface area contributed by atoms with E-state index in [1.165, 1.54) is 30.2 Å². The Kier molecular flexibility index (Phi) is 5.52. The topological polar surface area (TPSA) is 12.0 Å². The van der Waals surface area contributed by atoms with Crippen molar-refractivity contribution >= 4 is 23.5 Å². The van der Waals surface area contributed by atoms with E-state index in [0.29, 0.717) is 0 Å². The zero-order chi connectivity index (χ0) is 8.81. The van der Waals surface area contributed by atoms with Crippen LogP contribution in [-0.2, 0) is 0 Å². The molecule has 0 unspecified atom stereocenters. The molecular formula is C9H19NS2. The minimum atomic E-state index is 0.789. The highest BCUT2D eigenvalue weighted by atomic mass is 32.2. The number of hydrogen-bond donors (Lipinski definition) is 1. The molecule has 1 heterocycles. The molecule has 0 aromatic rings. The Morgan fingerprint density at radius 3 is 2.92 bits per heavy atom. The lowest BCUT2D eigenvalue weighted by Gasteiger charge is -2.15. The minimum Gasteiger partial charge on any atom is -0.313 e.